The van der Waals surface area contributed by atoms with Gasteiger partial charge in [0.15, 0.2) is 0 Å². The second-order valence-corrected chi connectivity index (χ2v) is 8.45. The van der Waals surface area contributed by atoms with Crippen LogP contribution in [0.15, 0.2) is 18.2 Å². The van der Waals surface area contributed by atoms with E-state index in [4.69, 9.17) is 9.47 Å². The first-order valence-electron chi connectivity index (χ1n) is 7.79. The molecule has 0 saturated carbocycles. The van der Waals surface area contributed by atoms with Gasteiger partial charge < -0.3 is 14.6 Å². The number of aliphatic hydroxyl groups is 1. The van der Waals surface area contributed by atoms with Crippen molar-refractivity contribution in [2.24, 2.45) is 5.92 Å². The zero-order valence-electron chi connectivity index (χ0n) is 14.6. The lowest BCUT2D eigenvalue weighted by atomic mass is 10.1. The van der Waals surface area contributed by atoms with Gasteiger partial charge in [0.2, 0.25) is 10.0 Å². The van der Waals surface area contributed by atoms with Crippen molar-refractivity contribution in [1.29, 1.82) is 0 Å². The lowest BCUT2D eigenvalue weighted by Crippen LogP contribution is -2.33. The molecule has 1 aromatic carbocycles. The molecule has 1 heterocycles. The normalized spacial score (nSPS) is 22.1. The molecular formula is C16H26N2O5S. The molecule has 1 fully saturated rings. The zero-order valence-corrected chi connectivity index (χ0v) is 15.4. The fourth-order valence-electron chi connectivity index (χ4n) is 2.96. The van der Waals surface area contributed by atoms with Gasteiger partial charge in [0.25, 0.3) is 0 Å². The van der Waals surface area contributed by atoms with E-state index >= 15 is 0 Å². The molecule has 0 spiro atoms. The second kappa shape index (κ2) is 7.69. The van der Waals surface area contributed by atoms with Gasteiger partial charge in [-0.3, -0.25) is 4.90 Å². The Morgan fingerprint density at radius 2 is 1.79 bits per heavy atom. The summed E-state index contributed by atoms with van der Waals surface area (Å²) in [6, 6.07) is 5.57. The van der Waals surface area contributed by atoms with Crippen molar-refractivity contribution in [3.63, 3.8) is 0 Å². The summed E-state index contributed by atoms with van der Waals surface area (Å²) in [7, 11) is 2.88. The van der Waals surface area contributed by atoms with Crippen LogP contribution in [0.3, 0.4) is 0 Å². The molecule has 1 aliphatic rings. The summed E-state index contributed by atoms with van der Waals surface area (Å²) in [4.78, 5) is 2.03. The maximum absolute atomic E-state index is 12.1. The maximum atomic E-state index is 12.1. The smallest absolute Gasteiger partial charge is 0.214 e. The highest BCUT2D eigenvalue weighted by Crippen LogP contribution is 2.31. The number of nitrogens with zero attached hydrogens (tertiary/aromatic N) is 2. The summed E-state index contributed by atoms with van der Waals surface area (Å²) in [5, 5.41) is 10.2. The number of benzene rings is 1. The molecule has 0 unspecified atom stereocenters. The summed E-state index contributed by atoms with van der Waals surface area (Å²) in [5.74, 6) is 1.07. The first kappa shape index (κ1) is 19.0. The van der Waals surface area contributed by atoms with Crippen molar-refractivity contribution >= 4 is 10.0 Å². The maximum Gasteiger partial charge on any atom is 0.214 e. The van der Waals surface area contributed by atoms with Crippen LogP contribution in [0.4, 0.5) is 0 Å². The summed E-state index contributed by atoms with van der Waals surface area (Å²) < 4.78 is 36.1. The number of β-amino-alcohol motifs (C(OH)–C–C–N with tert-alkyl or cyclic N) is 1. The van der Waals surface area contributed by atoms with Crippen LogP contribution in [-0.2, 0) is 16.6 Å². The molecule has 136 valence electrons. The van der Waals surface area contributed by atoms with Crippen LogP contribution in [0.5, 0.6) is 11.5 Å². The van der Waals surface area contributed by atoms with Gasteiger partial charge >= 0.3 is 0 Å². The molecule has 2 atom stereocenters. The minimum Gasteiger partial charge on any atom is -0.496 e. The number of aliphatic hydroxyl groups excluding tert-OH is 1. The van der Waals surface area contributed by atoms with E-state index in [1.807, 2.05) is 23.1 Å². The van der Waals surface area contributed by atoms with E-state index in [-0.39, 0.29) is 11.7 Å². The van der Waals surface area contributed by atoms with E-state index < -0.39 is 16.1 Å². The third kappa shape index (κ3) is 4.18. The second-order valence-electron chi connectivity index (χ2n) is 6.22. The predicted molar refractivity (Wildman–Crippen MR) is 91.8 cm³/mol. The molecule has 0 radical (unpaired) electrons. The highest BCUT2D eigenvalue weighted by atomic mass is 32.2. The van der Waals surface area contributed by atoms with Gasteiger partial charge in [-0.05, 0) is 12.1 Å². The Bertz CT molecular complexity index is 640. The van der Waals surface area contributed by atoms with Gasteiger partial charge in [0.1, 0.15) is 11.5 Å². The van der Waals surface area contributed by atoms with Gasteiger partial charge in [0, 0.05) is 39.6 Å². The van der Waals surface area contributed by atoms with E-state index in [1.54, 1.807) is 14.2 Å². The Balaban J connectivity index is 2.11. The molecule has 7 nitrogen and oxygen atoms in total. The quantitative estimate of drug-likeness (QED) is 0.760. The van der Waals surface area contributed by atoms with E-state index in [0.29, 0.717) is 31.1 Å². The van der Waals surface area contributed by atoms with Crippen LogP contribution in [0, 0.1) is 5.92 Å². The Hall–Kier alpha value is -1.35. The summed E-state index contributed by atoms with van der Waals surface area (Å²) in [6.07, 6.45) is -0.666. The SMILES string of the molecule is COc1cccc(OC)c1CN1C[C@@H](CS(=O)(=O)N(C)C)[C@H](O)C1. The minimum atomic E-state index is -3.34. The number of hydrogen-bond donors (Lipinski definition) is 1. The van der Waals surface area contributed by atoms with E-state index in [9.17, 15) is 13.5 Å². The molecular weight excluding hydrogens is 332 g/mol. The number of rotatable bonds is 7. The molecule has 1 N–H and O–H groups in total. The number of hydrogen-bond acceptors (Lipinski definition) is 6. The largest absolute Gasteiger partial charge is 0.496 e. The molecule has 24 heavy (non-hydrogen) atoms. The molecule has 1 saturated heterocycles. The van der Waals surface area contributed by atoms with Crippen LogP contribution in [-0.4, -0.2) is 76.0 Å². The van der Waals surface area contributed by atoms with Gasteiger partial charge in [0.05, 0.1) is 31.6 Å². The fraction of sp³-hybridized carbons (Fsp3) is 0.625. The Kier molecular flexibility index (Phi) is 6.08. The van der Waals surface area contributed by atoms with Gasteiger partial charge in [-0.15, -0.1) is 0 Å². The number of methoxy groups -OCH3 is 2. The van der Waals surface area contributed by atoms with Crippen molar-refractivity contribution in [1.82, 2.24) is 9.21 Å². The number of ether oxygens (including phenoxy) is 2. The molecule has 0 aliphatic carbocycles. The average Bonchev–Trinajstić information content (AvgIpc) is 2.86. The van der Waals surface area contributed by atoms with Crippen molar-refractivity contribution in [3.8, 4) is 11.5 Å². The molecule has 0 amide bonds. The average molecular weight is 358 g/mol. The summed E-state index contributed by atoms with van der Waals surface area (Å²) in [6.45, 7) is 1.47. The topological polar surface area (TPSA) is 79.3 Å². The van der Waals surface area contributed by atoms with Crippen molar-refractivity contribution in [3.05, 3.63) is 23.8 Å². The fourth-order valence-corrected chi connectivity index (χ4v) is 4.13. The monoisotopic (exact) mass is 358 g/mol. The van der Waals surface area contributed by atoms with E-state index in [1.165, 1.54) is 18.4 Å². The number of sulfonamides is 1. The standard InChI is InChI=1S/C16H26N2O5S/c1-17(2)24(20,21)11-12-8-18(10-14(12)19)9-13-15(22-3)6-5-7-16(13)23-4/h5-7,12,14,19H,8-11H2,1-4H3/t12-,14+/m0/s1. The molecule has 2 rings (SSSR count). The molecule has 8 heteroatoms. The van der Waals surface area contributed by atoms with Crippen molar-refractivity contribution in [2.75, 3.05) is 47.2 Å². The first-order valence-corrected chi connectivity index (χ1v) is 9.40. The van der Waals surface area contributed by atoms with E-state index in [0.717, 1.165) is 5.56 Å². The third-order valence-electron chi connectivity index (χ3n) is 4.37. The van der Waals surface area contributed by atoms with Gasteiger partial charge in [-0.25, -0.2) is 12.7 Å². The van der Waals surface area contributed by atoms with Gasteiger partial charge in [-0.1, -0.05) is 6.07 Å². The highest BCUT2D eigenvalue weighted by Gasteiger charge is 2.35. The minimum absolute atomic E-state index is 0.0548. The first-order chi connectivity index (χ1) is 11.3. The molecule has 1 aliphatic heterocycles. The third-order valence-corrected chi connectivity index (χ3v) is 6.34. The molecule has 0 aromatic heterocycles. The molecule has 0 bridgehead atoms. The Morgan fingerprint density at radius 3 is 2.29 bits per heavy atom. The Labute approximate surface area is 143 Å². The van der Waals surface area contributed by atoms with Crippen LogP contribution >= 0.6 is 0 Å². The lowest BCUT2D eigenvalue weighted by Gasteiger charge is -2.20. The van der Waals surface area contributed by atoms with Crippen molar-refractivity contribution < 1.29 is 23.0 Å². The predicted octanol–water partition coefficient (Wildman–Crippen LogP) is 0.388. The molecule has 1 aromatic rings. The van der Waals surface area contributed by atoms with E-state index in [2.05, 4.69) is 0 Å². The number of likely N-dealkylation sites (tertiary alicyclic amines) is 1. The van der Waals surface area contributed by atoms with Crippen molar-refractivity contribution in [2.45, 2.75) is 12.6 Å². The van der Waals surface area contributed by atoms with Crippen LogP contribution in [0.2, 0.25) is 0 Å². The zero-order chi connectivity index (χ0) is 17.9. The summed E-state index contributed by atoms with van der Waals surface area (Å²) in [5.41, 5.74) is 0.894. The van der Waals surface area contributed by atoms with Crippen LogP contribution in [0.1, 0.15) is 5.56 Å². The highest BCUT2D eigenvalue weighted by molar-refractivity contribution is 7.89. The van der Waals surface area contributed by atoms with Crippen LogP contribution < -0.4 is 9.47 Å². The lowest BCUT2D eigenvalue weighted by molar-refractivity contribution is 0.148. The Morgan fingerprint density at radius 1 is 1.21 bits per heavy atom. The summed E-state index contributed by atoms with van der Waals surface area (Å²) >= 11 is 0. The van der Waals surface area contributed by atoms with Gasteiger partial charge in [-0.2, -0.15) is 0 Å². The van der Waals surface area contributed by atoms with Crippen LogP contribution in [0.25, 0.3) is 0 Å².